The number of carbonyl (C=O) groups excluding carboxylic acids is 4. The van der Waals surface area contributed by atoms with Crippen LogP contribution in [0.1, 0.15) is 81.1 Å². The Balaban J connectivity index is 1.40. The molecule has 4 aromatic rings. The number of fused-ring (bicyclic) bond motifs is 2. The van der Waals surface area contributed by atoms with Gasteiger partial charge < -0.3 is 40.2 Å². The lowest BCUT2D eigenvalue weighted by Gasteiger charge is -2.36. The fraction of sp³-hybridized carbons (Fsp3) is 0.591. The molecular formula is C44H62F2N10O4. The number of imidazole rings is 2. The van der Waals surface area contributed by atoms with E-state index in [1.807, 2.05) is 60.5 Å². The van der Waals surface area contributed by atoms with E-state index in [0.29, 0.717) is 72.7 Å². The first kappa shape index (κ1) is 44.6. The van der Waals surface area contributed by atoms with Gasteiger partial charge in [-0.15, -0.1) is 0 Å². The lowest BCUT2D eigenvalue weighted by atomic mass is 9.85. The summed E-state index contributed by atoms with van der Waals surface area (Å²) in [6, 6.07) is 5.65. The quantitative estimate of drug-likeness (QED) is 0.152. The van der Waals surface area contributed by atoms with Gasteiger partial charge in [0.25, 0.3) is 0 Å². The Labute approximate surface area is 351 Å². The Morgan fingerprint density at radius 3 is 1.37 bits per heavy atom. The molecule has 2 aliphatic heterocycles. The molecule has 6 rings (SSSR count). The lowest BCUT2D eigenvalue weighted by Crippen LogP contribution is -2.58. The largest absolute Gasteiger partial charge is 0.342 e. The van der Waals surface area contributed by atoms with Crippen LogP contribution in [0.5, 0.6) is 0 Å². The summed E-state index contributed by atoms with van der Waals surface area (Å²) < 4.78 is 33.6. The second-order valence-electron chi connectivity index (χ2n) is 18.6. The minimum atomic E-state index is -0.788. The number of nitrogens with zero attached hydrogens (tertiary/aromatic N) is 6. The molecule has 2 aliphatic rings. The number of hydrogen-bond donors (Lipinski definition) is 4. The van der Waals surface area contributed by atoms with Gasteiger partial charge in [0, 0.05) is 50.4 Å². The van der Waals surface area contributed by atoms with Crippen LogP contribution in [0.25, 0.3) is 33.7 Å². The zero-order chi connectivity index (χ0) is 43.8. The number of amides is 4. The first-order valence-electron chi connectivity index (χ1n) is 21.1. The third-order valence-corrected chi connectivity index (χ3v) is 12.2. The van der Waals surface area contributed by atoms with Gasteiger partial charge in [-0.2, -0.15) is 0 Å². The number of aromatic nitrogens is 4. The van der Waals surface area contributed by atoms with Gasteiger partial charge in [-0.3, -0.25) is 19.2 Å². The third-order valence-electron chi connectivity index (χ3n) is 12.2. The Morgan fingerprint density at radius 2 is 1.03 bits per heavy atom. The molecule has 2 fully saturated rings. The van der Waals surface area contributed by atoms with Crippen molar-refractivity contribution in [2.24, 2.45) is 10.8 Å². The second-order valence-corrected chi connectivity index (χ2v) is 18.6. The molecule has 0 aliphatic carbocycles. The molecule has 60 heavy (non-hydrogen) atoms. The van der Waals surface area contributed by atoms with Crippen molar-refractivity contribution in [1.29, 1.82) is 0 Å². The average Bonchev–Trinajstić information content (AvgIpc) is 3.99. The Hall–Kier alpha value is -4.96. The Kier molecular flexibility index (Phi) is 13.1. The maximum atomic E-state index is 14.8. The van der Waals surface area contributed by atoms with Crippen LogP contribution in [0.3, 0.4) is 0 Å². The zero-order valence-corrected chi connectivity index (χ0v) is 36.7. The predicted molar refractivity (Wildman–Crippen MR) is 228 cm³/mol. The standard InChI is InChI=1S/C44H62F2N10O4/c1-25(47-9)39(57)51-35(43(3,4)5)41(59)53-19-11-13-29(53)23-55-33-17-15-27(45)21-31(33)49-37(55)38-50-32-22-28(46)16-18-34(32)56(38)24-30-14-12-20-54(30)42(60)36(44(6,7)8)52-40(58)26(2)48-10/h15-18,21-22,25-26,29-30,35-36,47-48H,11-14,19-20,23-24H2,1-10H3,(H,51,57)(H,52,58)/t25-,26-,29+,30+,35+,36+/m1/s1. The van der Waals surface area contributed by atoms with E-state index in [1.54, 1.807) is 40.1 Å². The van der Waals surface area contributed by atoms with E-state index >= 15 is 0 Å². The van der Waals surface area contributed by atoms with Gasteiger partial charge in [-0.25, -0.2) is 18.7 Å². The third kappa shape index (κ3) is 9.19. The van der Waals surface area contributed by atoms with Gasteiger partial charge in [0.05, 0.1) is 34.2 Å². The monoisotopic (exact) mass is 832 g/mol. The number of hydrogen-bond acceptors (Lipinski definition) is 8. The van der Waals surface area contributed by atoms with Gasteiger partial charge in [0.1, 0.15) is 23.7 Å². The number of carbonyl (C=O) groups is 4. The Bertz CT molecular complexity index is 2080. The van der Waals surface area contributed by atoms with Crippen LogP contribution in [0.4, 0.5) is 8.78 Å². The van der Waals surface area contributed by atoms with Crippen molar-refractivity contribution < 1.29 is 28.0 Å². The summed E-state index contributed by atoms with van der Waals surface area (Å²) in [6.07, 6.45) is 2.86. The van der Waals surface area contributed by atoms with Crippen molar-refractivity contribution in [2.75, 3.05) is 27.2 Å². The number of benzene rings is 2. The molecule has 16 heteroatoms. The summed E-state index contributed by atoms with van der Waals surface area (Å²) in [4.78, 5) is 68.6. The highest BCUT2D eigenvalue weighted by atomic mass is 19.1. The van der Waals surface area contributed by atoms with E-state index in [1.165, 1.54) is 24.3 Å². The minimum absolute atomic E-state index is 0.183. The van der Waals surface area contributed by atoms with Gasteiger partial charge >= 0.3 is 0 Å². The fourth-order valence-electron chi connectivity index (χ4n) is 8.40. The summed E-state index contributed by atoms with van der Waals surface area (Å²) in [5.41, 5.74) is 0.883. The highest BCUT2D eigenvalue weighted by molar-refractivity contribution is 5.91. The molecule has 4 heterocycles. The predicted octanol–water partition coefficient (Wildman–Crippen LogP) is 4.59. The maximum Gasteiger partial charge on any atom is 0.246 e. The topological polar surface area (TPSA) is 159 Å². The van der Waals surface area contributed by atoms with Gasteiger partial charge in [0.2, 0.25) is 23.6 Å². The van der Waals surface area contributed by atoms with Crippen molar-refractivity contribution in [2.45, 2.75) is 130 Å². The van der Waals surface area contributed by atoms with E-state index in [9.17, 15) is 28.0 Å². The van der Waals surface area contributed by atoms with Crippen LogP contribution in [0.15, 0.2) is 36.4 Å². The highest BCUT2D eigenvalue weighted by Gasteiger charge is 2.42. The molecule has 2 aromatic heterocycles. The molecule has 14 nitrogen and oxygen atoms in total. The Morgan fingerprint density at radius 1 is 0.667 bits per heavy atom. The van der Waals surface area contributed by atoms with Crippen LogP contribution in [0, 0.1) is 22.5 Å². The van der Waals surface area contributed by atoms with Crippen LogP contribution < -0.4 is 21.3 Å². The van der Waals surface area contributed by atoms with Gasteiger partial charge in [0.15, 0.2) is 11.6 Å². The second kappa shape index (κ2) is 17.6. The van der Waals surface area contributed by atoms with Crippen molar-refractivity contribution >= 4 is 45.7 Å². The summed E-state index contributed by atoms with van der Waals surface area (Å²) in [7, 11) is 3.39. The number of rotatable bonds is 13. The minimum Gasteiger partial charge on any atom is -0.342 e. The summed E-state index contributed by atoms with van der Waals surface area (Å²) in [5, 5.41) is 11.9. The molecule has 2 aromatic carbocycles. The normalized spacial score (nSPS) is 19.5. The number of likely N-dealkylation sites (N-methyl/N-ethyl adjacent to an activating group) is 2. The first-order valence-corrected chi connectivity index (χ1v) is 21.1. The number of halogens is 2. The van der Waals surface area contributed by atoms with E-state index < -0.39 is 46.6 Å². The maximum absolute atomic E-state index is 14.8. The van der Waals surface area contributed by atoms with Crippen LogP contribution in [-0.4, -0.2) is 116 Å². The molecule has 0 radical (unpaired) electrons. The summed E-state index contributed by atoms with van der Waals surface area (Å²) in [6.45, 7) is 16.6. The fourth-order valence-corrected chi connectivity index (χ4v) is 8.40. The molecule has 0 saturated carbocycles. The SMILES string of the molecule is CN[C@H](C)C(=O)N[C@@H](C(=O)N1CCC[C@H]1Cn1c(-c2nc3cc(F)ccc3n2C[C@@H]2CCCN2C(=O)[C@H](NC(=O)[C@@H](C)NC)C(C)(C)C)nc2cc(F)ccc21)C(C)(C)C. The summed E-state index contributed by atoms with van der Waals surface area (Å²) in [5.74, 6) is -1.01. The molecule has 0 unspecified atom stereocenters. The molecule has 6 atom stereocenters. The van der Waals surface area contributed by atoms with E-state index in [4.69, 9.17) is 9.97 Å². The van der Waals surface area contributed by atoms with E-state index in [2.05, 4.69) is 21.3 Å². The smallest absolute Gasteiger partial charge is 0.246 e. The van der Waals surface area contributed by atoms with E-state index in [0.717, 1.165) is 12.8 Å². The molecular weight excluding hydrogens is 771 g/mol. The molecule has 326 valence electrons. The lowest BCUT2D eigenvalue weighted by molar-refractivity contribution is -0.141. The zero-order valence-electron chi connectivity index (χ0n) is 36.7. The average molecular weight is 833 g/mol. The van der Waals surface area contributed by atoms with Crippen molar-refractivity contribution in [3.8, 4) is 11.6 Å². The number of likely N-dealkylation sites (tertiary alicyclic amines) is 2. The molecule has 4 N–H and O–H groups in total. The number of nitrogens with one attached hydrogen (secondary N) is 4. The van der Waals surface area contributed by atoms with E-state index in [-0.39, 0.29) is 35.7 Å². The van der Waals surface area contributed by atoms with Gasteiger partial charge in [-0.05, 0) is 88.7 Å². The van der Waals surface area contributed by atoms with Crippen molar-refractivity contribution in [1.82, 2.24) is 50.2 Å². The van der Waals surface area contributed by atoms with Crippen molar-refractivity contribution in [3.63, 3.8) is 0 Å². The van der Waals surface area contributed by atoms with Crippen LogP contribution in [-0.2, 0) is 32.3 Å². The molecule has 4 amide bonds. The van der Waals surface area contributed by atoms with Crippen molar-refractivity contribution in [3.05, 3.63) is 48.0 Å². The summed E-state index contributed by atoms with van der Waals surface area (Å²) >= 11 is 0. The molecule has 2 saturated heterocycles. The molecule has 0 bridgehead atoms. The van der Waals surface area contributed by atoms with Gasteiger partial charge in [-0.1, -0.05) is 41.5 Å². The molecule has 0 spiro atoms. The van der Waals surface area contributed by atoms with Crippen LogP contribution in [0.2, 0.25) is 0 Å². The highest BCUT2D eigenvalue weighted by Crippen LogP contribution is 2.34. The van der Waals surface area contributed by atoms with Crippen LogP contribution >= 0.6 is 0 Å². The first-order chi connectivity index (χ1) is 28.2.